The van der Waals surface area contributed by atoms with E-state index in [2.05, 4.69) is 4.98 Å². The molecule has 0 unspecified atom stereocenters. The van der Waals surface area contributed by atoms with Gasteiger partial charge in [-0.15, -0.1) is 11.3 Å². The first-order chi connectivity index (χ1) is 14.6. The largest absolute Gasteiger partial charge is 0.416 e. The van der Waals surface area contributed by atoms with Crippen molar-refractivity contribution in [3.63, 3.8) is 0 Å². The Kier molecular flexibility index (Phi) is 7.18. The van der Waals surface area contributed by atoms with E-state index in [1.165, 1.54) is 35.6 Å². The number of alkyl halides is 3. The number of halogens is 3. The van der Waals surface area contributed by atoms with Crippen LogP contribution < -0.4 is 0 Å². The summed E-state index contributed by atoms with van der Waals surface area (Å²) in [7, 11) is -3.87. The molecule has 3 aromatic rings. The van der Waals surface area contributed by atoms with Gasteiger partial charge in [0.2, 0.25) is 0 Å². The van der Waals surface area contributed by atoms with E-state index >= 15 is 0 Å². The van der Waals surface area contributed by atoms with Crippen molar-refractivity contribution in [3.8, 4) is 10.6 Å². The quantitative estimate of drug-likeness (QED) is 0.378. The summed E-state index contributed by atoms with van der Waals surface area (Å²) in [6, 6.07) is 11.3. The number of aromatic nitrogens is 1. The average molecular weight is 470 g/mol. The fourth-order valence-electron chi connectivity index (χ4n) is 2.95. The highest BCUT2D eigenvalue weighted by Gasteiger charge is 2.30. The molecule has 0 aliphatic rings. The number of hydrogen-bond acceptors (Lipinski definition) is 5. The van der Waals surface area contributed by atoms with Gasteiger partial charge in [0, 0.05) is 16.9 Å². The van der Waals surface area contributed by atoms with Crippen LogP contribution in [0.1, 0.15) is 35.0 Å². The lowest BCUT2D eigenvalue weighted by Gasteiger charge is -2.06. The first kappa shape index (κ1) is 23.4. The second-order valence-corrected chi connectivity index (χ2v) is 9.75. The summed E-state index contributed by atoms with van der Waals surface area (Å²) in [5, 5.41) is 0.605. The highest BCUT2D eigenvalue weighted by atomic mass is 32.2. The predicted octanol–water partition coefficient (Wildman–Crippen LogP) is 6.04. The standard InChI is InChI=1S/C22H22F3NO3S2/c1-3-4-20-19(13-14-29-31(27,28)18-11-5-15(2)6-12-18)26-21(30-20)16-7-9-17(10-8-16)22(23,24)25/h5-12H,3-4,13-14H2,1-2H3. The number of hydrogen-bond donors (Lipinski definition) is 0. The third-order valence-corrected chi connectivity index (χ3v) is 7.13. The first-order valence-corrected chi connectivity index (χ1v) is 11.9. The molecule has 2 aromatic carbocycles. The molecule has 0 amide bonds. The molecule has 1 heterocycles. The molecule has 0 spiro atoms. The predicted molar refractivity (Wildman–Crippen MR) is 115 cm³/mol. The van der Waals surface area contributed by atoms with Gasteiger partial charge in [-0.05, 0) is 37.6 Å². The molecule has 3 rings (SSSR count). The van der Waals surface area contributed by atoms with Gasteiger partial charge in [-0.1, -0.05) is 43.2 Å². The molecule has 0 atom stereocenters. The van der Waals surface area contributed by atoms with Crippen LogP contribution in [-0.2, 0) is 33.3 Å². The van der Waals surface area contributed by atoms with Crippen LogP contribution in [0.5, 0.6) is 0 Å². The Morgan fingerprint density at radius 3 is 2.23 bits per heavy atom. The Morgan fingerprint density at radius 2 is 1.65 bits per heavy atom. The van der Waals surface area contributed by atoms with Crippen LogP contribution in [-0.4, -0.2) is 20.0 Å². The van der Waals surface area contributed by atoms with Crippen molar-refractivity contribution in [3.05, 3.63) is 70.2 Å². The number of aryl methyl sites for hydroxylation is 2. The Bertz CT molecular complexity index is 1120. The van der Waals surface area contributed by atoms with E-state index in [0.717, 1.165) is 35.4 Å². The molecule has 166 valence electrons. The minimum absolute atomic E-state index is 0.0664. The van der Waals surface area contributed by atoms with Gasteiger partial charge in [-0.25, -0.2) is 4.98 Å². The average Bonchev–Trinajstić information content (AvgIpc) is 3.11. The molecule has 0 N–H and O–H groups in total. The van der Waals surface area contributed by atoms with Crippen molar-refractivity contribution in [2.75, 3.05) is 6.61 Å². The Labute approximate surface area is 183 Å². The van der Waals surface area contributed by atoms with Gasteiger partial charge >= 0.3 is 6.18 Å². The molecule has 9 heteroatoms. The lowest BCUT2D eigenvalue weighted by atomic mass is 10.1. The van der Waals surface area contributed by atoms with Crippen LogP contribution in [0.15, 0.2) is 53.4 Å². The number of nitrogens with zero attached hydrogens (tertiary/aromatic N) is 1. The summed E-state index contributed by atoms with van der Waals surface area (Å²) in [6.45, 7) is 3.81. The third kappa shape index (κ3) is 5.93. The Hall–Kier alpha value is -2.23. The number of thiazole rings is 1. The zero-order valence-corrected chi connectivity index (χ0v) is 18.7. The summed E-state index contributed by atoms with van der Waals surface area (Å²) in [4.78, 5) is 5.63. The van der Waals surface area contributed by atoms with E-state index in [1.54, 1.807) is 12.1 Å². The van der Waals surface area contributed by atoms with Crippen LogP contribution in [0.2, 0.25) is 0 Å². The van der Waals surface area contributed by atoms with Gasteiger partial charge in [0.1, 0.15) is 5.01 Å². The van der Waals surface area contributed by atoms with E-state index in [1.807, 2.05) is 13.8 Å². The number of rotatable bonds is 8. The van der Waals surface area contributed by atoms with Crippen molar-refractivity contribution >= 4 is 21.5 Å². The summed E-state index contributed by atoms with van der Waals surface area (Å²) in [6.07, 6.45) is -2.49. The molecule has 0 bridgehead atoms. The van der Waals surface area contributed by atoms with Crippen molar-refractivity contribution < 1.29 is 25.8 Å². The summed E-state index contributed by atoms with van der Waals surface area (Å²) >= 11 is 1.41. The fraction of sp³-hybridized carbons (Fsp3) is 0.318. The van der Waals surface area contributed by atoms with Gasteiger partial charge in [-0.2, -0.15) is 21.6 Å². The van der Waals surface area contributed by atoms with Crippen molar-refractivity contribution in [2.24, 2.45) is 0 Å². The minimum atomic E-state index is -4.39. The SMILES string of the molecule is CCCc1sc(-c2ccc(C(F)(F)F)cc2)nc1CCOS(=O)(=O)c1ccc(C)cc1. The third-order valence-electron chi connectivity index (χ3n) is 4.60. The highest BCUT2D eigenvalue weighted by molar-refractivity contribution is 7.86. The molecule has 0 fully saturated rings. The minimum Gasteiger partial charge on any atom is -0.266 e. The highest BCUT2D eigenvalue weighted by Crippen LogP contribution is 2.33. The fourth-order valence-corrected chi connectivity index (χ4v) is 5.07. The normalized spacial score (nSPS) is 12.3. The molecule has 0 aliphatic heterocycles. The Balaban J connectivity index is 1.74. The maximum atomic E-state index is 12.8. The van der Waals surface area contributed by atoms with Crippen LogP contribution >= 0.6 is 11.3 Å². The van der Waals surface area contributed by atoms with Crippen LogP contribution in [0.4, 0.5) is 13.2 Å². The molecule has 0 saturated carbocycles. The van der Waals surface area contributed by atoms with E-state index in [-0.39, 0.29) is 17.9 Å². The summed E-state index contributed by atoms with van der Waals surface area (Å²) < 4.78 is 68.3. The molecule has 0 saturated heterocycles. The smallest absolute Gasteiger partial charge is 0.266 e. The molecular weight excluding hydrogens is 447 g/mol. The lowest BCUT2D eigenvalue weighted by Crippen LogP contribution is -2.10. The molecule has 4 nitrogen and oxygen atoms in total. The van der Waals surface area contributed by atoms with E-state index in [4.69, 9.17) is 4.18 Å². The molecule has 0 aliphatic carbocycles. The zero-order chi connectivity index (χ0) is 22.6. The van der Waals surface area contributed by atoms with E-state index < -0.39 is 21.9 Å². The van der Waals surface area contributed by atoms with Gasteiger partial charge in [0.05, 0.1) is 22.8 Å². The van der Waals surface area contributed by atoms with Crippen molar-refractivity contribution in [1.82, 2.24) is 4.98 Å². The van der Waals surface area contributed by atoms with E-state index in [0.29, 0.717) is 16.3 Å². The molecular formula is C22H22F3NO3S2. The van der Waals surface area contributed by atoms with Crippen molar-refractivity contribution in [2.45, 2.75) is 44.2 Å². The van der Waals surface area contributed by atoms with Gasteiger partial charge in [0.15, 0.2) is 0 Å². The monoisotopic (exact) mass is 469 g/mol. The van der Waals surface area contributed by atoms with Crippen molar-refractivity contribution in [1.29, 1.82) is 0 Å². The Morgan fingerprint density at radius 1 is 1.00 bits per heavy atom. The number of benzene rings is 2. The molecule has 1 aromatic heterocycles. The molecule has 0 radical (unpaired) electrons. The second-order valence-electron chi connectivity index (χ2n) is 7.05. The van der Waals surface area contributed by atoms with Gasteiger partial charge < -0.3 is 0 Å². The van der Waals surface area contributed by atoms with E-state index in [9.17, 15) is 21.6 Å². The topological polar surface area (TPSA) is 56.3 Å². The lowest BCUT2D eigenvalue weighted by molar-refractivity contribution is -0.137. The van der Waals surface area contributed by atoms with Crippen LogP contribution in [0.25, 0.3) is 10.6 Å². The maximum Gasteiger partial charge on any atom is 0.416 e. The summed E-state index contributed by atoms with van der Waals surface area (Å²) in [5.74, 6) is 0. The van der Waals surface area contributed by atoms with Gasteiger partial charge in [0.25, 0.3) is 10.1 Å². The maximum absolute atomic E-state index is 12.8. The van der Waals surface area contributed by atoms with Crippen LogP contribution in [0.3, 0.4) is 0 Å². The first-order valence-electron chi connectivity index (χ1n) is 9.72. The van der Waals surface area contributed by atoms with Gasteiger partial charge in [-0.3, -0.25) is 4.18 Å². The molecule has 31 heavy (non-hydrogen) atoms. The zero-order valence-electron chi connectivity index (χ0n) is 17.1. The van der Waals surface area contributed by atoms with Crippen LogP contribution in [0, 0.1) is 6.92 Å². The second kappa shape index (κ2) is 9.50. The summed E-state index contributed by atoms with van der Waals surface area (Å²) in [5.41, 5.74) is 1.54.